The molecule has 8 heteroatoms. The number of hydrogen-bond donors (Lipinski definition) is 2. The maximum Gasteiger partial charge on any atom is 0.325 e. The molecule has 8 nitrogen and oxygen atoms in total. The lowest BCUT2D eigenvalue weighted by Crippen LogP contribution is -2.49. The Morgan fingerprint density at radius 1 is 1.06 bits per heavy atom. The number of nitrogens with one attached hydrogen (secondary N) is 2. The standard InChI is InChI=1S/C26H29N3O5/c1-17-7-3-4-8-19(17)25(2)23(31)29(24(32)28-25)16-22(30)27-26(11-5-6-12-26)18-9-10-20-21(15-18)34-14-13-33-20/h3-4,7-10,15H,5-6,11-14,16H2,1-2H3,(H,27,30)(H,28,32). The average molecular weight is 464 g/mol. The Balaban J connectivity index is 1.35. The second-order valence-electron chi connectivity index (χ2n) is 9.46. The molecule has 2 N–H and O–H groups in total. The van der Waals surface area contributed by atoms with E-state index in [9.17, 15) is 14.4 Å². The number of carbonyl (C=O) groups excluding carboxylic acids is 3. The van der Waals surface area contributed by atoms with Gasteiger partial charge in [0, 0.05) is 0 Å². The SMILES string of the molecule is Cc1ccccc1C1(C)NC(=O)N(CC(=O)NC2(c3ccc4c(c3)OCCO4)CCCC2)C1=O. The van der Waals surface area contributed by atoms with Gasteiger partial charge in [0.15, 0.2) is 11.5 Å². The van der Waals surface area contributed by atoms with Crippen LogP contribution < -0.4 is 20.1 Å². The molecule has 3 aliphatic rings. The van der Waals surface area contributed by atoms with Gasteiger partial charge in [0.25, 0.3) is 5.91 Å². The molecule has 0 spiro atoms. The van der Waals surface area contributed by atoms with Gasteiger partial charge in [-0.25, -0.2) is 4.79 Å². The molecule has 0 bridgehead atoms. The van der Waals surface area contributed by atoms with Crippen LogP contribution in [0.5, 0.6) is 11.5 Å². The van der Waals surface area contributed by atoms with Crippen LogP contribution in [0.25, 0.3) is 0 Å². The van der Waals surface area contributed by atoms with Gasteiger partial charge in [0.1, 0.15) is 25.3 Å². The monoisotopic (exact) mass is 463 g/mol. The molecule has 4 amide bonds. The molecule has 0 radical (unpaired) electrons. The molecule has 1 saturated carbocycles. The van der Waals surface area contributed by atoms with Crippen molar-refractivity contribution in [2.45, 2.75) is 50.6 Å². The van der Waals surface area contributed by atoms with E-state index in [1.165, 1.54) is 0 Å². The smallest absolute Gasteiger partial charge is 0.325 e. The summed E-state index contributed by atoms with van der Waals surface area (Å²) in [6.45, 7) is 4.25. The van der Waals surface area contributed by atoms with E-state index in [2.05, 4.69) is 10.6 Å². The highest BCUT2D eigenvalue weighted by atomic mass is 16.6. The third-order valence-corrected chi connectivity index (χ3v) is 7.19. The van der Waals surface area contributed by atoms with E-state index in [0.29, 0.717) is 24.7 Å². The minimum Gasteiger partial charge on any atom is -0.486 e. The van der Waals surface area contributed by atoms with Crippen molar-refractivity contribution in [2.75, 3.05) is 19.8 Å². The molecule has 0 aromatic heterocycles. The van der Waals surface area contributed by atoms with Gasteiger partial charge < -0.3 is 20.1 Å². The Kier molecular flexibility index (Phi) is 5.46. The number of aryl methyl sites for hydroxylation is 1. The molecule has 2 aliphatic heterocycles. The van der Waals surface area contributed by atoms with Gasteiger partial charge in [0.2, 0.25) is 5.91 Å². The first kappa shape index (κ1) is 22.3. The number of rotatable bonds is 5. The normalized spacial score (nSPS) is 23.1. The van der Waals surface area contributed by atoms with Crippen molar-refractivity contribution in [1.82, 2.24) is 15.5 Å². The highest BCUT2D eigenvalue weighted by Gasteiger charge is 2.50. The van der Waals surface area contributed by atoms with Gasteiger partial charge in [-0.15, -0.1) is 0 Å². The zero-order valence-electron chi connectivity index (χ0n) is 19.5. The molecule has 2 heterocycles. The average Bonchev–Trinajstić information content (AvgIpc) is 3.38. The molecule has 1 unspecified atom stereocenters. The molecule has 1 aliphatic carbocycles. The Morgan fingerprint density at radius 2 is 1.76 bits per heavy atom. The molecule has 1 atom stereocenters. The van der Waals surface area contributed by atoms with Gasteiger partial charge in [-0.05, 0) is 55.5 Å². The largest absolute Gasteiger partial charge is 0.486 e. The maximum atomic E-state index is 13.3. The van der Waals surface area contributed by atoms with Crippen molar-refractivity contribution in [1.29, 1.82) is 0 Å². The lowest BCUT2D eigenvalue weighted by atomic mass is 9.87. The summed E-state index contributed by atoms with van der Waals surface area (Å²) in [7, 11) is 0. The number of nitrogens with zero attached hydrogens (tertiary/aromatic N) is 1. The predicted octanol–water partition coefficient (Wildman–Crippen LogP) is 3.12. The lowest BCUT2D eigenvalue weighted by molar-refractivity contribution is -0.135. The summed E-state index contributed by atoms with van der Waals surface area (Å²) in [6.07, 6.45) is 3.51. The molecule has 2 aromatic rings. The van der Waals surface area contributed by atoms with Crippen LogP contribution in [0.1, 0.15) is 49.3 Å². The van der Waals surface area contributed by atoms with E-state index in [0.717, 1.165) is 47.3 Å². The summed E-state index contributed by atoms with van der Waals surface area (Å²) in [6, 6.07) is 12.6. The van der Waals surface area contributed by atoms with Gasteiger partial charge >= 0.3 is 6.03 Å². The summed E-state index contributed by atoms with van der Waals surface area (Å²) in [5.41, 5.74) is 0.799. The summed E-state index contributed by atoms with van der Waals surface area (Å²) in [5.74, 6) is 0.577. The van der Waals surface area contributed by atoms with Crippen molar-refractivity contribution in [3.63, 3.8) is 0 Å². The van der Waals surface area contributed by atoms with Crippen LogP contribution in [-0.2, 0) is 20.7 Å². The molecule has 34 heavy (non-hydrogen) atoms. The predicted molar refractivity (Wildman–Crippen MR) is 124 cm³/mol. The Morgan fingerprint density at radius 3 is 2.50 bits per heavy atom. The highest BCUT2D eigenvalue weighted by molar-refractivity contribution is 6.09. The van der Waals surface area contributed by atoms with Crippen molar-refractivity contribution in [2.24, 2.45) is 0 Å². The zero-order valence-corrected chi connectivity index (χ0v) is 19.5. The van der Waals surface area contributed by atoms with Crippen LogP contribution in [0.4, 0.5) is 4.79 Å². The van der Waals surface area contributed by atoms with Crippen LogP contribution in [0.2, 0.25) is 0 Å². The minimum atomic E-state index is -1.20. The van der Waals surface area contributed by atoms with E-state index in [1.54, 1.807) is 6.92 Å². The van der Waals surface area contributed by atoms with Crippen molar-refractivity contribution < 1.29 is 23.9 Å². The minimum absolute atomic E-state index is 0.335. The number of imide groups is 1. The van der Waals surface area contributed by atoms with Crippen molar-refractivity contribution in [3.05, 3.63) is 59.2 Å². The van der Waals surface area contributed by atoms with Gasteiger partial charge in [-0.3, -0.25) is 14.5 Å². The number of ether oxygens (including phenoxy) is 2. The first-order valence-electron chi connectivity index (χ1n) is 11.7. The van der Waals surface area contributed by atoms with Crippen LogP contribution in [-0.4, -0.2) is 42.5 Å². The molecular formula is C26H29N3O5. The third-order valence-electron chi connectivity index (χ3n) is 7.19. The van der Waals surface area contributed by atoms with Crippen LogP contribution >= 0.6 is 0 Å². The van der Waals surface area contributed by atoms with E-state index in [4.69, 9.17) is 9.47 Å². The fraction of sp³-hybridized carbons (Fsp3) is 0.423. The van der Waals surface area contributed by atoms with Crippen LogP contribution in [0.15, 0.2) is 42.5 Å². The number of urea groups is 1. The summed E-state index contributed by atoms with van der Waals surface area (Å²) in [4.78, 5) is 40.3. The Bertz CT molecular complexity index is 1160. The number of hydrogen-bond acceptors (Lipinski definition) is 5. The Hall–Kier alpha value is -3.55. The van der Waals surface area contributed by atoms with Crippen LogP contribution in [0.3, 0.4) is 0 Å². The first-order chi connectivity index (χ1) is 16.3. The number of benzene rings is 2. The summed E-state index contributed by atoms with van der Waals surface area (Å²) < 4.78 is 11.4. The fourth-order valence-corrected chi connectivity index (χ4v) is 5.41. The molecule has 2 aromatic carbocycles. The van der Waals surface area contributed by atoms with E-state index in [1.807, 2.05) is 49.4 Å². The second-order valence-corrected chi connectivity index (χ2v) is 9.46. The van der Waals surface area contributed by atoms with Gasteiger partial charge in [-0.1, -0.05) is 43.2 Å². The topological polar surface area (TPSA) is 97.0 Å². The molecule has 178 valence electrons. The lowest BCUT2D eigenvalue weighted by Gasteiger charge is -2.33. The van der Waals surface area contributed by atoms with E-state index < -0.39 is 23.0 Å². The highest BCUT2D eigenvalue weighted by Crippen LogP contribution is 2.42. The third kappa shape index (κ3) is 3.67. The second kappa shape index (κ2) is 8.34. The maximum absolute atomic E-state index is 13.3. The summed E-state index contributed by atoms with van der Waals surface area (Å²) >= 11 is 0. The Labute approximate surface area is 198 Å². The summed E-state index contributed by atoms with van der Waals surface area (Å²) in [5, 5.41) is 5.94. The first-order valence-corrected chi connectivity index (χ1v) is 11.7. The number of fused-ring (bicyclic) bond motifs is 1. The number of amides is 4. The van der Waals surface area contributed by atoms with Crippen molar-refractivity contribution in [3.8, 4) is 11.5 Å². The van der Waals surface area contributed by atoms with E-state index >= 15 is 0 Å². The van der Waals surface area contributed by atoms with E-state index in [-0.39, 0.29) is 12.5 Å². The molecule has 5 rings (SSSR count). The molecule has 2 fully saturated rings. The number of carbonyl (C=O) groups is 3. The van der Waals surface area contributed by atoms with Crippen molar-refractivity contribution >= 4 is 17.8 Å². The van der Waals surface area contributed by atoms with Gasteiger partial charge in [-0.2, -0.15) is 0 Å². The van der Waals surface area contributed by atoms with Crippen LogP contribution in [0, 0.1) is 6.92 Å². The molecule has 1 saturated heterocycles. The molecular weight excluding hydrogens is 434 g/mol. The zero-order chi connectivity index (χ0) is 23.9. The fourth-order valence-electron chi connectivity index (χ4n) is 5.41. The van der Waals surface area contributed by atoms with Gasteiger partial charge in [0.05, 0.1) is 5.54 Å². The quantitative estimate of drug-likeness (QED) is 0.664.